The number of hydrogen-bond acceptors (Lipinski definition) is 8. The van der Waals surface area contributed by atoms with Crippen molar-refractivity contribution in [3.05, 3.63) is 64.9 Å². The second-order valence-electron chi connectivity index (χ2n) is 19.4. The number of benzene rings is 2. The van der Waals surface area contributed by atoms with Crippen molar-refractivity contribution in [2.24, 2.45) is 5.92 Å². The lowest BCUT2D eigenvalue weighted by Crippen LogP contribution is -2.53. The average molecular weight is 811 g/mol. The molecule has 1 aromatic heterocycles. The third-order valence-electron chi connectivity index (χ3n) is 12.6. The van der Waals surface area contributed by atoms with Crippen LogP contribution < -0.4 is 4.74 Å². The molecule has 1 fully saturated rings. The fraction of sp³-hybridized carbons (Fsp3) is 0.674. The maximum absolute atomic E-state index is 13.8. The second-order valence-corrected chi connectivity index (χ2v) is 29.0. The minimum absolute atomic E-state index is 0.0172. The number of aliphatic hydroxyl groups excluding tert-OH is 1. The van der Waals surface area contributed by atoms with Gasteiger partial charge in [0.15, 0.2) is 16.6 Å². The largest absolute Gasteiger partial charge is 0.488 e. The van der Waals surface area contributed by atoms with Crippen LogP contribution >= 0.6 is 0 Å². The SMILES string of the molecule is CCCC(c1coc2c(CO[Si](C)(C)C(C)(C)C)c(OCc3ccccc3)c(CC(C)C)cc12)C(O)CC(O[Si](C)(C)C(C)(C)C)C1(C(=O)OCC)OC1CC. The third kappa shape index (κ3) is 10.2. The zero-order chi connectivity index (χ0) is 41.9. The molecule has 0 amide bonds. The zero-order valence-corrected chi connectivity index (χ0v) is 39.4. The molecule has 0 spiro atoms. The van der Waals surface area contributed by atoms with Crippen LogP contribution in [0.4, 0.5) is 0 Å². The topological polar surface area (TPSA) is 99.9 Å². The van der Waals surface area contributed by atoms with E-state index in [2.05, 4.69) is 107 Å². The smallest absolute Gasteiger partial charge is 0.343 e. The van der Waals surface area contributed by atoms with Crippen LogP contribution in [-0.4, -0.2) is 58.2 Å². The first-order valence-corrected chi connectivity index (χ1v) is 26.9. The van der Waals surface area contributed by atoms with Crippen molar-refractivity contribution in [1.29, 1.82) is 0 Å². The predicted molar refractivity (Wildman–Crippen MR) is 232 cm³/mol. The molecular formula is C46H74O8Si2. The Morgan fingerprint density at radius 2 is 1.59 bits per heavy atom. The first-order valence-electron chi connectivity index (χ1n) is 21.1. The number of carbonyl (C=O) groups is 1. The number of ether oxygens (including phenoxy) is 3. The molecule has 0 radical (unpaired) electrons. The average Bonchev–Trinajstić information content (AvgIpc) is 3.72. The summed E-state index contributed by atoms with van der Waals surface area (Å²) in [5.41, 5.74) is 3.53. The number of carbonyl (C=O) groups excluding carboxylic acids is 1. The van der Waals surface area contributed by atoms with Gasteiger partial charge in [0.1, 0.15) is 24.0 Å². The van der Waals surface area contributed by atoms with Gasteiger partial charge >= 0.3 is 5.97 Å². The van der Waals surface area contributed by atoms with Crippen LogP contribution in [0.2, 0.25) is 36.3 Å². The molecule has 0 bridgehead atoms. The first kappa shape index (κ1) is 46.2. The molecule has 0 saturated carbocycles. The Bertz CT molecular complexity index is 1740. The zero-order valence-electron chi connectivity index (χ0n) is 37.4. The van der Waals surface area contributed by atoms with E-state index in [9.17, 15) is 9.90 Å². The maximum Gasteiger partial charge on any atom is 0.343 e. The molecule has 8 nitrogen and oxygen atoms in total. The number of esters is 1. The van der Waals surface area contributed by atoms with Gasteiger partial charge in [0, 0.05) is 23.3 Å². The van der Waals surface area contributed by atoms with Gasteiger partial charge in [0.2, 0.25) is 5.60 Å². The minimum atomic E-state index is -2.43. The molecule has 1 N–H and O–H groups in total. The standard InChI is InChI=1S/C46H74O8Si2/c1-16-22-34(38(47)27-40(54-56(14,15)45(9,10)11)46(39(17-2)53-46)43(48)49-18-3)36-29-51-42-35(36)26-33(25-31(4)5)41(50-28-32-23-20-19-21-24-32)37(42)30-52-55(12,13)44(6,7)8/h19-21,23-24,26,29,31,34,38-40,47H,16-18,22,25,27-28,30H2,1-15H3. The van der Waals surface area contributed by atoms with Crippen LogP contribution in [0.3, 0.4) is 0 Å². The molecule has 5 unspecified atom stereocenters. The van der Waals surface area contributed by atoms with E-state index in [0.29, 0.717) is 32.0 Å². The molecule has 4 rings (SSSR count). The van der Waals surface area contributed by atoms with E-state index in [1.165, 1.54) is 0 Å². The van der Waals surface area contributed by atoms with Gasteiger partial charge in [-0.2, -0.15) is 0 Å². The lowest BCUT2D eigenvalue weighted by Gasteiger charge is -2.41. The Kier molecular flexibility index (Phi) is 15.0. The summed E-state index contributed by atoms with van der Waals surface area (Å²) in [4.78, 5) is 13.8. The Hall–Kier alpha value is -2.48. The highest BCUT2D eigenvalue weighted by Crippen LogP contribution is 2.50. The highest BCUT2D eigenvalue weighted by Gasteiger charge is 2.69. The van der Waals surface area contributed by atoms with E-state index >= 15 is 0 Å². The summed E-state index contributed by atoms with van der Waals surface area (Å²) >= 11 is 0. The molecule has 2 aromatic carbocycles. The molecular weight excluding hydrogens is 737 g/mol. The van der Waals surface area contributed by atoms with E-state index in [4.69, 9.17) is 27.5 Å². The number of epoxide rings is 1. The molecule has 5 atom stereocenters. The normalized spacial score (nSPS) is 19.6. The van der Waals surface area contributed by atoms with Gasteiger partial charge in [-0.25, -0.2) is 4.79 Å². The van der Waals surface area contributed by atoms with Gasteiger partial charge in [-0.3, -0.25) is 0 Å². The summed E-state index contributed by atoms with van der Waals surface area (Å²) in [6.45, 7) is 33.7. The van der Waals surface area contributed by atoms with Crippen LogP contribution in [-0.2, 0) is 42.8 Å². The molecule has 314 valence electrons. The first-order chi connectivity index (χ1) is 26.0. The molecule has 1 saturated heterocycles. The Labute approximate surface area is 340 Å². The minimum Gasteiger partial charge on any atom is -0.488 e. The number of aliphatic hydroxyl groups is 1. The quantitative estimate of drug-likeness (QED) is 0.0684. The van der Waals surface area contributed by atoms with Gasteiger partial charge in [-0.1, -0.05) is 106 Å². The molecule has 1 aliphatic rings. The van der Waals surface area contributed by atoms with Crippen LogP contribution in [0, 0.1) is 5.92 Å². The fourth-order valence-electron chi connectivity index (χ4n) is 7.21. The molecule has 3 aromatic rings. The summed E-state index contributed by atoms with van der Waals surface area (Å²) in [7, 11) is -4.59. The summed E-state index contributed by atoms with van der Waals surface area (Å²) in [5.74, 6) is 0.488. The van der Waals surface area contributed by atoms with E-state index < -0.39 is 40.4 Å². The van der Waals surface area contributed by atoms with Gasteiger partial charge < -0.3 is 32.6 Å². The molecule has 0 aliphatic carbocycles. The van der Waals surface area contributed by atoms with Gasteiger partial charge in [-0.05, 0) is 85.6 Å². The number of hydrogen-bond donors (Lipinski definition) is 1. The van der Waals surface area contributed by atoms with Crippen molar-refractivity contribution >= 4 is 33.6 Å². The van der Waals surface area contributed by atoms with Crippen molar-refractivity contribution in [3.63, 3.8) is 0 Å². The van der Waals surface area contributed by atoms with Crippen molar-refractivity contribution in [2.45, 2.75) is 188 Å². The number of fused-ring (bicyclic) bond motifs is 1. The number of rotatable bonds is 20. The van der Waals surface area contributed by atoms with Crippen LogP contribution in [0.1, 0.15) is 130 Å². The van der Waals surface area contributed by atoms with E-state index in [-0.39, 0.29) is 35.1 Å². The summed E-state index contributed by atoms with van der Waals surface area (Å²) in [5, 5.41) is 13.4. The van der Waals surface area contributed by atoms with Crippen LogP contribution in [0.25, 0.3) is 11.0 Å². The lowest BCUT2D eigenvalue weighted by molar-refractivity contribution is -0.154. The van der Waals surface area contributed by atoms with Crippen molar-refractivity contribution in [3.8, 4) is 5.75 Å². The fourth-order valence-corrected chi connectivity index (χ4v) is 9.48. The van der Waals surface area contributed by atoms with E-state index in [0.717, 1.165) is 51.8 Å². The van der Waals surface area contributed by atoms with Gasteiger partial charge in [0.05, 0.1) is 37.2 Å². The Morgan fingerprint density at radius 3 is 2.12 bits per heavy atom. The Balaban J connectivity index is 1.86. The van der Waals surface area contributed by atoms with Crippen molar-refractivity contribution < 1.29 is 37.4 Å². The van der Waals surface area contributed by atoms with Gasteiger partial charge in [-0.15, -0.1) is 0 Å². The summed E-state index contributed by atoms with van der Waals surface area (Å²) in [6.07, 6.45) is 3.19. The lowest BCUT2D eigenvalue weighted by atomic mass is 9.83. The summed E-state index contributed by atoms with van der Waals surface area (Å²) < 4.78 is 39.3. The maximum atomic E-state index is 13.8. The third-order valence-corrected chi connectivity index (χ3v) is 21.6. The number of furan rings is 1. The molecule has 2 heterocycles. The van der Waals surface area contributed by atoms with Crippen LogP contribution in [0.15, 0.2) is 47.1 Å². The highest BCUT2D eigenvalue weighted by molar-refractivity contribution is 6.74. The van der Waals surface area contributed by atoms with E-state index in [1.54, 1.807) is 0 Å². The predicted octanol–water partition coefficient (Wildman–Crippen LogP) is 11.9. The molecule has 1 aliphatic heterocycles. The Morgan fingerprint density at radius 1 is 0.946 bits per heavy atom. The van der Waals surface area contributed by atoms with Crippen molar-refractivity contribution in [2.75, 3.05) is 6.61 Å². The second kappa shape index (κ2) is 18.2. The van der Waals surface area contributed by atoms with E-state index in [1.807, 2.05) is 38.3 Å². The monoisotopic (exact) mass is 810 g/mol. The highest BCUT2D eigenvalue weighted by atomic mass is 28.4. The van der Waals surface area contributed by atoms with Gasteiger partial charge in [0.25, 0.3) is 0 Å². The van der Waals surface area contributed by atoms with Crippen LogP contribution in [0.5, 0.6) is 5.75 Å². The van der Waals surface area contributed by atoms with Crippen molar-refractivity contribution in [1.82, 2.24) is 0 Å². The summed E-state index contributed by atoms with van der Waals surface area (Å²) in [6, 6.07) is 12.5. The molecule has 56 heavy (non-hydrogen) atoms. The molecule has 10 heteroatoms.